The van der Waals surface area contributed by atoms with Gasteiger partial charge in [0, 0.05) is 196 Å². The molecule has 512 valence electrons. The van der Waals surface area contributed by atoms with Gasteiger partial charge in [0.2, 0.25) is 0 Å². The van der Waals surface area contributed by atoms with Crippen molar-refractivity contribution in [1.29, 1.82) is 0 Å². The van der Waals surface area contributed by atoms with Crippen LogP contribution in [0.5, 0.6) is 0 Å². The van der Waals surface area contributed by atoms with Gasteiger partial charge in [-0.25, -0.2) is 32.6 Å². The molecule has 0 aromatic heterocycles. The zero-order valence-corrected chi connectivity index (χ0v) is 57.0. The predicted octanol–water partition coefficient (Wildman–Crippen LogP) is -0.966. The Labute approximate surface area is 633 Å². The first-order chi connectivity index (χ1) is 39.4. The molecule has 0 saturated carbocycles. The molecule has 0 aliphatic carbocycles. The van der Waals surface area contributed by atoms with E-state index in [2.05, 4.69) is 65.8 Å². The van der Waals surface area contributed by atoms with Crippen LogP contribution in [0.15, 0.2) is 0 Å². The summed E-state index contributed by atoms with van der Waals surface area (Å²) >= 11 is 0. The van der Waals surface area contributed by atoms with Crippen molar-refractivity contribution in [3.63, 3.8) is 0 Å². The van der Waals surface area contributed by atoms with E-state index in [1.54, 1.807) is 0 Å². The molecule has 36 nitrogen and oxygen atoms in total. The second kappa shape index (κ2) is 48.2. The van der Waals surface area contributed by atoms with Gasteiger partial charge in [-0.15, -0.1) is 0 Å². The molecule has 0 spiro atoms. The first-order valence-corrected chi connectivity index (χ1v) is 27.0. The first kappa shape index (κ1) is 92.9. The van der Waals surface area contributed by atoms with E-state index >= 15 is 0 Å². The average Bonchev–Trinajstić information content (AvgIpc) is 1.22. The van der Waals surface area contributed by atoms with E-state index in [1.807, 2.05) is 0 Å². The quantitative estimate of drug-likeness (QED) is 0.0553. The maximum Gasteiger partial charge on any atom is 0.305 e. The fourth-order valence-corrected chi connectivity index (χ4v) is 11.6. The second-order valence-electron chi connectivity index (χ2n) is 21.3. The molecule has 3 saturated heterocycles. The molecule has 88 heavy (non-hydrogen) atoms. The molecule has 3 rings (SSSR count). The summed E-state index contributed by atoms with van der Waals surface area (Å²) in [5.41, 5.74) is 20.7. The largest absolute Gasteiger partial charge is 0.481 e. The predicted molar refractivity (Wildman–Crippen MR) is 284 cm³/mol. The zero-order chi connectivity index (χ0) is 63.6. The van der Waals surface area contributed by atoms with Gasteiger partial charge in [0.1, 0.15) is 0 Å². The van der Waals surface area contributed by atoms with E-state index in [1.165, 1.54) is 0 Å². The molecule has 3 fully saturated rings. The van der Waals surface area contributed by atoms with Gasteiger partial charge in [-0.05, 0) is 38.5 Å². The van der Waals surface area contributed by atoms with Crippen LogP contribution in [0.4, 0.5) is 0 Å². The maximum absolute atomic E-state index is 11.6. The standard InChI is InChI=1S/3C16H28N4O8.4Gd/c3*21-11(22)7-15(8-12(23)24)5-3-1-2-4-6-17-19-20-18-16(15,9-13(25)26)10-14(27)28;;;;/h3*17-20H,1-10H2,(H,21,22)(H,23,24)(H,25,26)(H,27,28);;;;. The minimum absolute atomic E-state index is 0. The molecule has 0 bridgehead atoms. The Morgan fingerprint density at radius 3 is 0.545 bits per heavy atom. The van der Waals surface area contributed by atoms with Gasteiger partial charge in [0.25, 0.3) is 0 Å². The molecule has 0 aromatic rings. The fraction of sp³-hybridized carbons (Fsp3) is 0.750. The van der Waals surface area contributed by atoms with Crippen molar-refractivity contribution < 1.29 is 279 Å². The van der Waals surface area contributed by atoms with Crippen LogP contribution in [0.2, 0.25) is 0 Å². The van der Waals surface area contributed by atoms with Crippen LogP contribution in [-0.4, -0.2) is 169 Å². The first-order valence-electron chi connectivity index (χ1n) is 27.0. The van der Waals surface area contributed by atoms with Crippen molar-refractivity contribution in [2.24, 2.45) is 16.2 Å². The van der Waals surface area contributed by atoms with Crippen LogP contribution in [0.3, 0.4) is 0 Å². The summed E-state index contributed by atoms with van der Waals surface area (Å²) in [5.74, 6) is -16.3. The van der Waals surface area contributed by atoms with Crippen molar-refractivity contribution in [3.05, 3.63) is 0 Å². The van der Waals surface area contributed by atoms with E-state index in [0.717, 1.165) is 38.5 Å². The van der Waals surface area contributed by atoms with Crippen molar-refractivity contribution in [2.45, 2.75) is 190 Å². The number of hydrazine groups is 9. The summed E-state index contributed by atoms with van der Waals surface area (Å²) in [6.45, 7) is 1.78. The van der Waals surface area contributed by atoms with Gasteiger partial charge in [-0.3, -0.25) is 57.5 Å². The van der Waals surface area contributed by atoms with Crippen molar-refractivity contribution in [1.82, 2.24) is 65.8 Å². The van der Waals surface area contributed by atoms with Gasteiger partial charge in [0.15, 0.2) is 0 Å². The van der Waals surface area contributed by atoms with Gasteiger partial charge in [0.05, 0.1) is 93.7 Å². The molecule has 24 N–H and O–H groups in total. The summed E-state index contributed by atoms with van der Waals surface area (Å²) in [4.78, 5) is 139. The van der Waals surface area contributed by atoms with Crippen LogP contribution in [-0.2, 0) is 57.5 Å². The Hall–Kier alpha value is -1.54. The summed E-state index contributed by atoms with van der Waals surface area (Å²) in [6, 6.07) is 0. The third kappa shape index (κ3) is 34.6. The summed E-state index contributed by atoms with van der Waals surface area (Å²) in [7, 11) is 0. The molecule has 3 heterocycles. The van der Waals surface area contributed by atoms with E-state index in [-0.39, 0.29) is 179 Å². The van der Waals surface area contributed by atoms with Crippen molar-refractivity contribution in [3.8, 4) is 0 Å². The molecule has 0 radical (unpaired) electrons. The third-order valence-corrected chi connectivity index (χ3v) is 15.2. The van der Waals surface area contributed by atoms with Crippen LogP contribution in [0.25, 0.3) is 0 Å². The molecule has 0 atom stereocenters. The van der Waals surface area contributed by atoms with Crippen LogP contribution < -0.4 is 65.8 Å². The zero-order valence-electron chi connectivity index (χ0n) is 47.9. The van der Waals surface area contributed by atoms with Gasteiger partial charge in [-0.1, -0.05) is 57.8 Å². The molecule has 0 amide bonds. The van der Waals surface area contributed by atoms with Crippen molar-refractivity contribution >= 4 is 71.6 Å². The number of carboxylic acids is 12. The van der Waals surface area contributed by atoms with Crippen LogP contribution >= 0.6 is 0 Å². The molecular weight excluding hydrogens is 1760 g/mol. The Bertz CT molecular complexity index is 1760. The molecule has 3 aliphatic rings. The van der Waals surface area contributed by atoms with E-state index < -0.39 is 182 Å². The van der Waals surface area contributed by atoms with Crippen molar-refractivity contribution in [2.75, 3.05) is 19.6 Å². The third-order valence-electron chi connectivity index (χ3n) is 15.2. The number of rotatable bonds is 24. The summed E-state index contributed by atoms with van der Waals surface area (Å²) in [6.07, 6.45) is -0.535. The monoisotopic (exact) mass is 1840 g/mol. The Morgan fingerprint density at radius 2 is 0.386 bits per heavy atom. The van der Waals surface area contributed by atoms with Gasteiger partial charge >= 0.3 is 71.6 Å². The minimum Gasteiger partial charge on any atom is -0.481 e. The minimum atomic E-state index is -1.88. The Kier molecular flexibility index (Phi) is 50.9. The van der Waals surface area contributed by atoms with Gasteiger partial charge < -0.3 is 61.3 Å². The smallest absolute Gasteiger partial charge is 0.305 e. The molecule has 40 heteroatoms. The molecular formula is C48H84Gd4N12O24. The van der Waals surface area contributed by atoms with E-state index in [0.29, 0.717) is 58.2 Å². The maximum atomic E-state index is 11.6. The summed E-state index contributed by atoms with van der Waals surface area (Å²) in [5, 5.41) is 113. The molecule has 3 aliphatic heterocycles. The fourth-order valence-electron chi connectivity index (χ4n) is 11.6. The number of carbonyl (C=O) groups is 12. The van der Waals surface area contributed by atoms with E-state index in [9.17, 15) is 119 Å². The number of carboxylic acid groups (broad SMARTS) is 12. The second-order valence-corrected chi connectivity index (χ2v) is 21.3. The average molecular weight is 1840 g/mol. The number of nitrogens with one attached hydrogen (secondary N) is 12. The normalized spacial score (nSPS) is 19.4. The Morgan fingerprint density at radius 1 is 0.227 bits per heavy atom. The van der Waals surface area contributed by atoms with E-state index in [4.69, 9.17) is 0 Å². The summed E-state index contributed by atoms with van der Waals surface area (Å²) < 4.78 is 0. The molecule has 0 unspecified atom stereocenters. The number of hydrogen-bond donors (Lipinski definition) is 24. The number of hydrogen-bond acceptors (Lipinski definition) is 24. The topological polar surface area (TPSA) is 592 Å². The molecule has 0 aromatic carbocycles. The van der Waals surface area contributed by atoms with Crippen LogP contribution in [0, 0.1) is 176 Å². The Balaban J connectivity index is -0.000000588. The van der Waals surface area contributed by atoms with Crippen LogP contribution in [0.1, 0.15) is 173 Å². The number of aliphatic carboxylic acids is 12. The van der Waals surface area contributed by atoms with Gasteiger partial charge in [-0.2, -0.15) is 33.2 Å². The SMILES string of the molecule is O=C(O)CC1(CC(=O)O)CCCCCCNNNNC1(CC(=O)O)CC(=O)O.O=C(O)CC1(CC(=O)O)CCCCCCNNNNC1(CC(=O)O)CC(=O)O.O=C(O)CC1(CC(=O)O)CCCCCCNNNNC1(CC(=O)O)CC(=O)O.[Gd].[Gd].[Gd].[Gd].